The number of nitrogens with zero attached hydrogens (tertiary/aromatic N) is 2. The highest BCUT2D eigenvalue weighted by atomic mass is 19.1. The van der Waals surface area contributed by atoms with E-state index >= 15 is 0 Å². The molecule has 4 rings (SSSR count). The van der Waals surface area contributed by atoms with Crippen LogP contribution in [0, 0.1) is 5.82 Å². The number of anilines is 1. The molecule has 2 aromatic carbocycles. The van der Waals surface area contributed by atoms with Gasteiger partial charge in [0.1, 0.15) is 11.4 Å². The predicted molar refractivity (Wildman–Crippen MR) is 106 cm³/mol. The van der Waals surface area contributed by atoms with E-state index in [2.05, 4.69) is 10.3 Å². The minimum absolute atomic E-state index is 0.0321. The van der Waals surface area contributed by atoms with Gasteiger partial charge >= 0.3 is 0 Å². The maximum atomic E-state index is 13.2. The Kier molecular flexibility index (Phi) is 4.68. The second-order valence-electron chi connectivity index (χ2n) is 6.34. The Morgan fingerprint density at radius 2 is 1.82 bits per heavy atom. The van der Waals surface area contributed by atoms with Gasteiger partial charge in [-0.2, -0.15) is 0 Å². The number of hydrogen-bond acceptors (Lipinski definition) is 3. The van der Waals surface area contributed by atoms with Crippen LogP contribution in [0.5, 0.6) is 0 Å². The summed E-state index contributed by atoms with van der Waals surface area (Å²) in [6, 6.07) is 16.6. The number of rotatable bonds is 4. The molecule has 4 aromatic rings. The van der Waals surface area contributed by atoms with E-state index in [1.54, 1.807) is 48.8 Å². The second-order valence-corrected chi connectivity index (χ2v) is 6.34. The maximum absolute atomic E-state index is 13.2. The van der Waals surface area contributed by atoms with Gasteiger partial charge in [-0.15, -0.1) is 0 Å². The molecule has 0 saturated heterocycles. The van der Waals surface area contributed by atoms with E-state index in [1.807, 2.05) is 16.7 Å². The summed E-state index contributed by atoms with van der Waals surface area (Å²) in [7, 11) is 0. The van der Waals surface area contributed by atoms with Gasteiger partial charge in [0.2, 0.25) is 5.43 Å². The highest BCUT2D eigenvalue weighted by molar-refractivity contribution is 6.05. The lowest BCUT2D eigenvalue weighted by Gasteiger charge is -2.14. The molecule has 5 nitrogen and oxygen atoms in total. The smallest absolute Gasteiger partial charge is 0.261 e. The number of para-hydroxylation sites is 1. The normalized spacial score (nSPS) is 10.8. The van der Waals surface area contributed by atoms with Crippen molar-refractivity contribution in [1.82, 2.24) is 9.55 Å². The lowest BCUT2D eigenvalue weighted by Crippen LogP contribution is -2.24. The Morgan fingerprint density at radius 1 is 1.04 bits per heavy atom. The van der Waals surface area contributed by atoms with Crippen LogP contribution in [0.25, 0.3) is 10.9 Å². The van der Waals surface area contributed by atoms with Crippen LogP contribution in [0.1, 0.15) is 15.9 Å². The Morgan fingerprint density at radius 3 is 2.57 bits per heavy atom. The van der Waals surface area contributed by atoms with E-state index in [9.17, 15) is 14.0 Å². The summed E-state index contributed by atoms with van der Waals surface area (Å²) in [5.41, 5.74) is 1.76. The summed E-state index contributed by atoms with van der Waals surface area (Å²) in [6.07, 6.45) is 4.65. The third kappa shape index (κ3) is 3.53. The lowest BCUT2D eigenvalue weighted by atomic mass is 10.1. The lowest BCUT2D eigenvalue weighted by molar-refractivity contribution is 0.102. The van der Waals surface area contributed by atoms with Gasteiger partial charge in [0, 0.05) is 24.3 Å². The van der Waals surface area contributed by atoms with Gasteiger partial charge in [-0.1, -0.05) is 24.3 Å². The molecule has 28 heavy (non-hydrogen) atoms. The van der Waals surface area contributed by atoms with E-state index in [1.165, 1.54) is 18.3 Å². The van der Waals surface area contributed by atoms with Gasteiger partial charge in [-0.25, -0.2) is 4.39 Å². The number of benzene rings is 2. The van der Waals surface area contributed by atoms with Crippen LogP contribution in [0.4, 0.5) is 10.1 Å². The standard InChI is InChI=1S/C22H16FN3O2/c23-16-9-7-15(8-10-16)13-26-14-19(21(27)18-5-1-2-6-20(18)26)22(28)25-17-4-3-11-24-12-17/h1-12,14H,13H2,(H,25,28). The average molecular weight is 373 g/mol. The number of fused-ring (bicyclic) bond motifs is 1. The van der Waals surface area contributed by atoms with E-state index in [0.29, 0.717) is 23.1 Å². The molecule has 2 heterocycles. The summed E-state index contributed by atoms with van der Waals surface area (Å²) in [4.78, 5) is 29.6. The largest absolute Gasteiger partial charge is 0.342 e. The molecule has 0 aliphatic heterocycles. The van der Waals surface area contributed by atoms with E-state index in [4.69, 9.17) is 0 Å². The maximum Gasteiger partial charge on any atom is 0.261 e. The molecule has 138 valence electrons. The number of nitrogens with one attached hydrogen (secondary N) is 1. The fraction of sp³-hybridized carbons (Fsp3) is 0.0455. The third-order valence-electron chi connectivity index (χ3n) is 4.42. The molecular formula is C22H16FN3O2. The van der Waals surface area contributed by atoms with Crippen molar-refractivity contribution in [2.24, 2.45) is 0 Å². The number of carbonyl (C=O) groups excluding carboxylic acids is 1. The zero-order valence-corrected chi connectivity index (χ0v) is 14.8. The fourth-order valence-corrected chi connectivity index (χ4v) is 3.06. The summed E-state index contributed by atoms with van der Waals surface area (Å²) in [5, 5.41) is 3.15. The Labute approximate surface area is 160 Å². The van der Waals surface area contributed by atoms with Crippen molar-refractivity contribution in [2.45, 2.75) is 6.54 Å². The van der Waals surface area contributed by atoms with E-state index in [0.717, 1.165) is 5.56 Å². The van der Waals surface area contributed by atoms with Crippen LogP contribution in [0.15, 0.2) is 84.0 Å². The van der Waals surface area contributed by atoms with Crippen LogP contribution in [-0.2, 0) is 6.54 Å². The molecule has 0 bridgehead atoms. The molecule has 0 fully saturated rings. The molecule has 2 aromatic heterocycles. The number of carbonyl (C=O) groups is 1. The van der Waals surface area contributed by atoms with Crippen LogP contribution < -0.4 is 10.7 Å². The van der Waals surface area contributed by atoms with Gasteiger partial charge < -0.3 is 9.88 Å². The minimum atomic E-state index is -0.503. The third-order valence-corrected chi connectivity index (χ3v) is 4.42. The van der Waals surface area contributed by atoms with Crippen LogP contribution in [-0.4, -0.2) is 15.5 Å². The van der Waals surface area contributed by atoms with Gasteiger partial charge in [0.15, 0.2) is 0 Å². The molecule has 1 amide bonds. The van der Waals surface area contributed by atoms with Crippen molar-refractivity contribution >= 4 is 22.5 Å². The Hall–Kier alpha value is -3.80. The molecule has 0 unspecified atom stereocenters. The average Bonchev–Trinajstić information content (AvgIpc) is 2.72. The molecule has 0 saturated carbocycles. The fourth-order valence-electron chi connectivity index (χ4n) is 3.06. The number of hydrogen-bond donors (Lipinski definition) is 1. The van der Waals surface area contributed by atoms with Gasteiger partial charge in [0.05, 0.1) is 17.4 Å². The molecule has 0 atom stereocenters. The zero-order valence-electron chi connectivity index (χ0n) is 14.8. The quantitative estimate of drug-likeness (QED) is 0.591. The number of aromatic nitrogens is 2. The highest BCUT2D eigenvalue weighted by Gasteiger charge is 2.16. The first-order valence-electron chi connectivity index (χ1n) is 8.70. The summed E-state index contributed by atoms with van der Waals surface area (Å²) in [6.45, 7) is 0.397. The van der Waals surface area contributed by atoms with Crippen molar-refractivity contribution in [1.29, 1.82) is 0 Å². The van der Waals surface area contributed by atoms with Crippen molar-refractivity contribution in [2.75, 3.05) is 5.32 Å². The summed E-state index contributed by atoms with van der Waals surface area (Å²) < 4.78 is 15.0. The Balaban J connectivity index is 1.78. The topological polar surface area (TPSA) is 64.0 Å². The molecule has 0 aliphatic rings. The van der Waals surface area contributed by atoms with Crippen molar-refractivity contribution in [3.63, 3.8) is 0 Å². The second kappa shape index (κ2) is 7.44. The van der Waals surface area contributed by atoms with Gasteiger partial charge in [-0.05, 0) is 42.0 Å². The molecule has 0 aliphatic carbocycles. The molecule has 0 radical (unpaired) electrons. The number of amides is 1. The number of pyridine rings is 2. The molecular weight excluding hydrogens is 357 g/mol. The number of halogens is 1. The predicted octanol–water partition coefficient (Wildman–Crippen LogP) is 3.84. The zero-order chi connectivity index (χ0) is 19.5. The first-order valence-corrected chi connectivity index (χ1v) is 8.70. The first kappa shape index (κ1) is 17.6. The Bertz CT molecular complexity index is 1200. The van der Waals surface area contributed by atoms with E-state index in [-0.39, 0.29) is 16.8 Å². The van der Waals surface area contributed by atoms with E-state index < -0.39 is 5.91 Å². The first-order chi connectivity index (χ1) is 13.6. The van der Waals surface area contributed by atoms with Crippen molar-refractivity contribution in [3.8, 4) is 0 Å². The minimum Gasteiger partial charge on any atom is -0.342 e. The summed E-state index contributed by atoms with van der Waals surface area (Å²) in [5.74, 6) is -0.818. The highest BCUT2D eigenvalue weighted by Crippen LogP contribution is 2.15. The van der Waals surface area contributed by atoms with Gasteiger partial charge in [-0.3, -0.25) is 14.6 Å². The van der Waals surface area contributed by atoms with Crippen LogP contribution in [0.3, 0.4) is 0 Å². The molecule has 1 N–H and O–H groups in total. The SMILES string of the molecule is O=C(Nc1cccnc1)c1cn(Cc2ccc(F)cc2)c2ccccc2c1=O. The van der Waals surface area contributed by atoms with Gasteiger partial charge in [0.25, 0.3) is 5.91 Å². The monoisotopic (exact) mass is 373 g/mol. The summed E-state index contributed by atoms with van der Waals surface area (Å²) >= 11 is 0. The van der Waals surface area contributed by atoms with Crippen molar-refractivity contribution in [3.05, 3.63) is 106 Å². The molecule has 0 spiro atoms. The van der Waals surface area contributed by atoms with Crippen molar-refractivity contribution < 1.29 is 9.18 Å². The molecule has 6 heteroatoms. The van der Waals surface area contributed by atoms with Crippen LogP contribution in [0.2, 0.25) is 0 Å². The van der Waals surface area contributed by atoms with Crippen LogP contribution >= 0.6 is 0 Å².